The summed E-state index contributed by atoms with van der Waals surface area (Å²) in [5, 5.41) is 0. The topological polar surface area (TPSA) is 38.8 Å². The van der Waals surface area contributed by atoms with Crippen LogP contribution in [0.25, 0.3) is 6.08 Å². The summed E-state index contributed by atoms with van der Waals surface area (Å²) in [7, 11) is 0. The lowest BCUT2D eigenvalue weighted by molar-refractivity contribution is -0.130. The lowest BCUT2D eigenvalue weighted by atomic mass is 10.1. The Hall–Kier alpha value is -2.59. The Balaban J connectivity index is 1.14. The van der Waals surface area contributed by atoms with Crippen LogP contribution in [0, 0.1) is 0 Å². The predicted molar refractivity (Wildman–Crippen MR) is 140 cm³/mol. The Kier molecular flexibility index (Phi) is 11.7. The number of likely N-dealkylation sites (tertiary alicyclic amines) is 1. The Morgan fingerprint density at radius 1 is 0.912 bits per heavy atom. The zero-order valence-electron chi connectivity index (χ0n) is 20.8. The van der Waals surface area contributed by atoms with E-state index < -0.39 is 0 Å². The summed E-state index contributed by atoms with van der Waals surface area (Å²) in [6, 6.07) is 18.4. The van der Waals surface area contributed by atoms with E-state index in [9.17, 15) is 4.79 Å². The molecule has 4 nitrogen and oxygen atoms in total. The number of amides is 1. The first kappa shape index (κ1) is 26.0. The summed E-state index contributed by atoms with van der Waals surface area (Å²) in [4.78, 5) is 13.5. The molecule has 1 amide bonds. The van der Waals surface area contributed by atoms with Crippen LogP contribution in [0.3, 0.4) is 0 Å². The maximum Gasteiger partial charge on any atom is 0.219 e. The molecule has 1 saturated heterocycles. The lowest BCUT2D eigenvalue weighted by Gasteiger charge is -2.23. The van der Waals surface area contributed by atoms with E-state index in [1.807, 2.05) is 47.4 Å². The van der Waals surface area contributed by atoms with E-state index in [0.29, 0.717) is 12.6 Å². The molecule has 3 rings (SSSR count). The summed E-state index contributed by atoms with van der Waals surface area (Å²) in [6.45, 7) is 4.10. The number of para-hydroxylation sites is 1. The molecule has 1 atom stereocenters. The highest BCUT2D eigenvalue weighted by Gasteiger charge is 2.26. The number of nitrogens with zero attached hydrogens (tertiary/aromatic N) is 1. The zero-order chi connectivity index (χ0) is 23.8. The number of allylic oxidation sites excluding steroid dienone is 1. The number of hydrogen-bond donors (Lipinski definition) is 0. The molecular weight excluding hydrogens is 422 g/mol. The molecule has 1 aliphatic rings. The van der Waals surface area contributed by atoms with E-state index in [2.05, 4.69) is 24.3 Å². The molecule has 4 heteroatoms. The van der Waals surface area contributed by atoms with Crippen molar-refractivity contribution in [1.82, 2.24) is 4.90 Å². The van der Waals surface area contributed by atoms with Crippen molar-refractivity contribution in [3.63, 3.8) is 0 Å². The van der Waals surface area contributed by atoms with Crippen molar-refractivity contribution in [1.29, 1.82) is 0 Å². The highest BCUT2D eigenvalue weighted by molar-refractivity contribution is 5.73. The molecule has 0 saturated carbocycles. The SMILES string of the molecule is CC(=O)N1CCC[C@H]1COCCCCCCCCC/C=C/c1ccc(Oc2ccccc2)cc1. The normalized spacial score (nSPS) is 15.8. The maximum absolute atomic E-state index is 11.6. The molecular formula is C30H41NO3. The molecule has 1 aliphatic heterocycles. The van der Waals surface area contributed by atoms with Crippen molar-refractivity contribution in [3.8, 4) is 11.5 Å². The predicted octanol–water partition coefficient (Wildman–Crippen LogP) is 7.64. The van der Waals surface area contributed by atoms with E-state index in [4.69, 9.17) is 9.47 Å². The van der Waals surface area contributed by atoms with Gasteiger partial charge in [-0.3, -0.25) is 4.79 Å². The molecule has 1 heterocycles. The van der Waals surface area contributed by atoms with Gasteiger partial charge in [0.05, 0.1) is 12.6 Å². The third-order valence-corrected chi connectivity index (χ3v) is 6.42. The maximum atomic E-state index is 11.6. The number of carbonyl (C=O) groups is 1. The Morgan fingerprint density at radius 3 is 2.32 bits per heavy atom. The molecule has 1 fully saturated rings. The monoisotopic (exact) mass is 463 g/mol. The van der Waals surface area contributed by atoms with Crippen LogP contribution in [-0.4, -0.2) is 36.6 Å². The summed E-state index contributed by atoms with van der Waals surface area (Å²) in [6.07, 6.45) is 16.7. The molecule has 0 radical (unpaired) electrons. The fourth-order valence-corrected chi connectivity index (χ4v) is 4.48. The first-order valence-corrected chi connectivity index (χ1v) is 13.1. The zero-order valence-corrected chi connectivity index (χ0v) is 20.8. The second kappa shape index (κ2) is 15.3. The molecule has 2 aromatic carbocycles. The fourth-order valence-electron chi connectivity index (χ4n) is 4.48. The second-order valence-corrected chi connectivity index (χ2v) is 9.23. The largest absolute Gasteiger partial charge is 0.457 e. The van der Waals surface area contributed by atoms with Crippen molar-refractivity contribution >= 4 is 12.0 Å². The lowest BCUT2D eigenvalue weighted by Crippen LogP contribution is -2.36. The number of hydrogen-bond acceptors (Lipinski definition) is 3. The van der Waals surface area contributed by atoms with Gasteiger partial charge in [-0.1, -0.05) is 74.6 Å². The van der Waals surface area contributed by atoms with Gasteiger partial charge < -0.3 is 14.4 Å². The summed E-state index contributed by atoms with van der Waals surface area (Å²) >= 11 is 0. The number of carbonyl (C=O) groups excluding carboxylic acids is 1. The van der Waals surface area contributed by atoms with E-state index in [0.717, 1.165) is 50.3 Å². The van der Waals surface area contributed by atoms with Crippen LogP contribution in [-0.2, 0) is 9.53 Å². The first-order chi connectivity index (χ1) is 16.7. The highest BCUT2D eigenvalue weighted by Crippen LogP contribution is 2.22. The summed E-state index contributed by atoms with van der Waals surface area (Å²) in [5.41, 5.74) is 1.21. The fraction of sp³-hybridized carbons (Fsp3) is 0.500. The molecule has 0 aliphatic carbocycles. The Labute approximate surface area is 206 Å². The molecule has 34 heavy (non-hydrogen) atoms. The third-order valence-electron chi connectivity index (χ3n) is 6.42. The molecule has 0 unspecified atom stereocenters. The second-order valence-electron chi connectivity index (χ2n) is 9.23. The molecule has 0 spiro atoms. The van der Waals surface area contributed by atoms with Crippen LogP contribution in [0.2, 0.25) is 0 Å². The quantitative estimate of drug-likeness (QED) is 0.255. The minimum Gasteiger partial charge on any atom is -0.457 e. The minimum absolute atomic E-state index is 0.185. The van der Waals surface area contributed by atoms with Crippen molar-refractivity contribution in [2.75, 3.05) is 19.8 Å². The number of unbranched alkanes of at least 4 members (excludes halogenated alkanes) is 7. The van der Waals surface area contributed by atoms with E-state index in [1.165, 1.54) is 44.1 Å². The third kappa shape index (κ3) is 9.72. The van der Waals surface area contributed by atoms with Gasteiger partial charge in [0.2, 0.25) is 5.91 Å². The minimum atomic E-state index is 0.185. The van der Waals surface area contributed by atoms with Gasteiger partial charge in [-0.05, 0) is 61.9 Å². The van der Waals surface area contributed by atoms with E-state index >= 15 is 0 Å². The van der Waals surface area contributed by atoms with Gasteiger partial charge in [0.15, 0.2) is 0 Å². The average Bonchev–Trinajstić information content (AvgIpc) is 3.33. The van der Waals surface area contributed by atoms with Crippen molar-refractivity contribution in [2.24, 2.45) is 0 Å². The molecule has 184 valence electrons. The van der Waals surface area contributed by atoms with Gasteiger partial charge in [0.1, 0.15) is 11.5 Å². The molecule has 2 aromatic rings. The number of benzene rings is 2. The van der Waals surface area contributed by atoms with E-state index in [1.54, 1.807) is 6.92 Å². The highest BCUT2D eigenvalue weighted by atomic mass is 16.5. The Morgan fingerprint density at radius 2 is 1.59 bits per heavy atom. The standard InChI is InChI=1S/C30H41NO3/c1-26(32)31-23-14-16-28(31)25-33-24-13-8-6-4-2-3-5-7-10-15-27-19-21-30(22-20-27)34-29-17-11-9-12-18-29/h9-12,15,17-22,28H,2-8,13-14,16,23-25H2,1H3/b15-10+/t28-/m0/s1. The van der Waals surface area contributed by atoms with Gasteiger partial charge in [0.25, 0.3) is 0 Å². The molecule has 0 N–H and O–H groups in total. The van der Waals surface area contributed by atoms with Crippen molar-refractivity contribution in [2.45, 2.75) is 77.2 Å². The van der Waals surface area contributed by atoms with Gasteiger partial charge in [-0.25, -0.2) is 0 Å². The van der Waals surface area contributed by atoms with Crippen LogP contribution >= 0.6 is 0 Å². The van der Waals surface area contributed by atoms with Crippen LogP contribution in [0.5, 0.6) is 11.5 Å². The van der Waals surface area contributed by atoms with E-state index in [-0.39, 0.29) is 5.91 Å². The van der Waals surface area contributed by atoms with Crippen LogP contribution in [0.4, 0.5) is 0 Å². The van der Waals surface area contributed by atoms with Crippen molar-refractivity contribution < 1.29 is 14.3 Å². The van der Waals surface area contributed by atoms with Gasteiger partial charge in [-0.15, -0.1) is 0 Å². The summed E-state index contributed by atoms with van der Waals surface area (Å²) < 4.78 is 11.7. The summed E-state index contributed by atoms with van der Waals surface area (Å²) in [5.74, 6) is 1.91. The average molecular weight is 464 g/mol. The molecule has 0 aromatic heterocycles. The Bertz CT molecular complexity index is 847. The van der Waals surface area contributed by atoms with Crippen LogP contribution in [0.1, 0.15) is 76.7 Å². The van der Waals surface area contributed by atoms with Gasteiger partial charge >= 0.3 is 0 Å². The number of rotatable bonds is 15. The van der Waals surface area contributed by atoms with Crippen LogP contribution in [0.15, 0.2) is 60.7 Å². The smallest absolute Gasteiger partial charge is 0.219 e. The first-order valence-electron chi connectivity index (χ1n) is 13.1. The van der Waals surface area contributed by atoms with Gasteiger partial charge in [-0.2, -0.15) is 0 Å². The van der Waals surface area contributed by atoms with Crippen molar-refractivity contribution in [3.05, 3.63) is 66.2 Å². The number of ether oxygens (including phenoxy) is 2. The molecule has 0 bridgehead atoms. The van der Waals surface area contributed by atoms with Gasteiger partial charge in [0, 0.05) is 20.1 Å². The van der Waals surface area contributed by atoms with Crippen LogP contribution < -0.4 is 4.74 Å².